The number of aliphatic carboxylic acids is 1. The third-order valence-corrected chi connectivity index (χ3v) is 7.06. The van der Waals surface area contributed by atoms with Crippen LogP contribution in [0.1, 0.15) is 78.7 Å². The fourth-order valence-electron chi connectivity index (χ4n) is 5.54. The molecule has 0 fully saturated rings. The number of rotatable bonds is 5. The van der Waals surface area contributed by atoms with Crippen molar-refractivity contribution in [2.75, 3.05) is 11.4 Å². The lowest BCUT2D eigenvalue weighted by molar-refractivity contribution is -0.138. The second-order valence-electron chi connectivity index (χ2n) is 8.94. The molecule has 0 saturated heterocycles. The standard InChI is InChI=1S/C25H19N3O7/c29-18(30)2-1-9-27-22(31)13-5-7-16-20-17(8-6-14(19(13)20)23(27)32)28-21(26-16)12-4-3-11(25(34)35)10-15(12)24(28)33/h3-8,10,13,16,21,26H,1-2,9H2,(H,29,30)(H,34,35). The van der Waals surface area contributed by atoms with Crippen LogP contribution in [-0.2, 0) is 9.59 Å². The van der Waals surface area contributed by atoms with Crippen LogP contribution < -0.4 is 10.2 Å². The van der Waals surface area contributed by atoms with Gasteiger partial charge in [0.25, 0.3) is 11.8 Å². The maximum atomic E-state index is 13.4. The molecule has 3 aliphatic heterocycles. The van der Waals surface area contributed by atoms with Gasteiger partial charge in [0.15, 0.2) is 0 Å². The molecule has 3 heterocycles. The zero-order valence-corrected chi connectivity index (χ0v) is 18.2. The van der Waals surface area contributed by atoms with Crippen LogP contribution in [0.25, 0.3) is 0 Å². The van der Waals surface area contributed by atoms with E-state index in [4.69, 9.17) is 5.11 Å². The second kappa shape index (κ2) is 7.34. The summed E-state index contributed by atoms with van der Waals surface area (Å²) in [5.41, 5.74) is 3.14. The van der Waals surface area contributed by atoms with Crippen LogP contribution in [0.2, 0.25) is 0 Å². The van der Waals surface area contributed by atoms with Gasteiger partial charge in [-0.15, -0.1) is 0 Å². The molecule has 6 rings (SSSR count). The van der Waals surface area contributed by atoms with Crippen LogP contribution in [0, 0.1) is 0 Å². The highest BCUT2D eigenvalue weighted by atomic mass is 16.4. The molecule has 3 unspecified atom stereocenters. The summed E-state index contributed by atoms with van der Waals surface area (Å²) in [4.78, 5) is 64.8. The molecule has 0 saturated carbocycles. The van der Waals surface area contributed by atoms with Crippen molar-refractivity contribution < 1.29 is 34.2 Å². The molecule has 176 valence electrons. The quantitative estimate of drug-likeness (QED) is 0.443. The maximum absolute atomic E-state index is 13.4. The largest absolute Gasteiger partial charge is 0.481 e. The zero-order valence-electron chi connectivity index (χ0n) is 18.2. The summed E-state index contributed by atoms with van der Waals surface area (Å²) in [5.74, 6) is -4.09. The lowest BCUT2D eigenvalue weighted by Crippen LogP contribution is -2.49. The number of imide groups is 1. The van der Waals surface area contributed by atoms with E-state index in [2.05, 4.69) is 5.32 Å². The van der Waals surface area contributed by atoms with Crippen molar-refractivity contribution in [1.29, 1.82) is 0 Å². The van der Waals surface area contributed by atoms with E-state index in [1.54, 1.807) is 29.2 Å². The fourth-order valence-corrected chi connectivity index (χ4v) is 5.54. The van der Waals surface area contributed by atoms with E-state index in [0.29, 0.717) is 33.5 Å². The van der Waals surface area contributed by atoms with Crippen molar-refractivity contribution >= 4 is 35.3 Å². The van der Waals surface area contributed by atoms with Gasteiger partial charge >= 0.3 is 11.9 Å². The number of fused-ring (bicyclic) bond motifs is 4. The van der Waals surface area contributed by atoms with Gasteiger partial charge in [-0.05, 0) is 36.2 Å². The first-order valence-electron chi connectivity index (χ1n) is 11.2. The molecule has 1 aliphatic carbocycles. The van der Waals surface area contributed by atoms with Crippen LogP contribution in [0.5, 0.6) is 0 Å². The first-order chi connectivity index (χ1) is 16.8. The number of anilines is 1. The minimum Gasteiger partial charge on any atom is -0.481 e. The number of carbonyl (C=O) groups is 5. The van der Waals surface area contributed by atoms with Crippen LogP contribution in [0.15, 0.2) is 42.5 Å². The number of benzene rings is 2. The Balaban J connectivity index is 1.43. The number of amides is 3. The Morgan fingerprint density at radius 2 is 1.74 bits per heavy atom. The van der Waals surface area contributed by atoms with Crippen molar-refractivity contribution in [3.05, 3.63) is 75.9 Å². The smallest absolute Gasteiger partial charge is 0.335 e. The number of carboxylic acids is 2. The maximum Gasteiger partial charge on any atom is 0.335 e. The molecule has 2 aromatic carbocycles. The predicted molar refractivity (Wildman–Crippen MR) is 120 cm³/mol. The van der Waals surface area contributed by atoms with E-state index in [1.165, 1.54) is 12.1 Å². The molecule has 2 aromatic rings. The van der Waals surface area contributed by atoms with Gasteiger partial charge in [0.2, 0.25) is 5.91 Å². The Labute approximate surface area is 198 Å². The number of carbonyl (C=O) groups excluding carboxylic acids is 3. The molecule has 35 heavy (non-hydrogen) atoms. The molecule has 3 amide bonds. The van der Waals surface area contributed by atoms with Crippen LogP contribution >= 0.6 is 0 Å². The topological polar surface area (TPSA) is 144 Å². The summed E-state index contributed by atoms with van der Waals surface area (Å²) in [6.45, 7) is 0.0143. The number of aromatic carboxylic acids is 1. The van der Waals surface area contributed by atoms with Gasteiger partial charge in [-0.1, -0.05) is 18.2 Å². The summed E-state index contributed by atoms with van der Waals surface area (Å²) >= 11 is 0. The summed E-state index contributed by atoms with van der Waals surface area (Å²) in [6.07, 6.45) is 3.08. The highest BCUT2D eigenvalue weighted by Crippen LogP contribution is 2.51. The molecule has 3 atom stereocenters. The summed E-state index contributed by atoms with van der Waals surface area (Å²) in [5, 5.41) is 21.6. The van der Waals surface area contributed by atoms with Crippen LogP contribution in [-0.4, -0.2) is 51.3 Å². The minimum atomic E-state index is -1.13. The van der Waals surface area contributed by atoms with Gasteiger partial charge in [-0.3, -0.25) is 34.3 Å². The third kappa shape index (κ3) is 2.89. The molecule has 10 nitrogen and oxygen atoms in total. The monoisotopic (exact) mass is 473 g/mol. The van der Waals surface area contributed by atoms with E-state index in [-0.39, 0.29) is 36.9 Å². The molecule has 0 bridgehead atoms. The summed E-state index contributed by atoms with van der Waals surface area (Å²) < 4.78 is 0. The van der Waals surface area contributed by atoms with Crippen molar-refractivity contribution in [3.63, 3.8) is 0 Å². The van der Waals surface area contributed by atoms with Gasteiger partial charge in [-0.25, -0.2) is 4.79 Å². The van der Waals surface area contributed by atoms with Crippen LogP contribution in [0.3, 0.4) is 0 Å². The summed E-state index contributed by atoms with van der Waals surface area (Å²) in [6, 6.07) is 7.41. The molecule has 0 aromatic heterocycles. The highest BCUT2D eigenvalue weighted by molar-refractivity contribution is 6.16. The lowest BCUT2D eigenvalue weighted by Gasteiger charge is -2.43. The zero-order chi connectivity index (χ0) is 24.6. The van der Waals surface area contributed by atoms with E-state index >= 15 is 0 Å². The Hall–Kier alpha value is -4.31. The van der Waals surface area contributed by atoms with Crippen molar-refractivity contribution in [1.82, 2.24) is 10.2 Å². The number of carboxylic acid groups (broad SMARTS) is 2. The summed E-state index contributed by atoms with van der Waals surface area (Å²) in [7, 11) is 0. The highest BCUT2D eigenvalue weighted by Gasteiger charge is 2.49. The van der Waals surface area contributed by atoms with Gasteiger partial charge in [0.05, 0.1) is 23.2 Å². The van der Waals surface area contributed by atoms with E-state index in [1.807, 2.05) is 6.08 Å². The lowest BCUT2D eigenvalue weighted by atomic mass is 9.77. The third-order valence-electron chi connectivity index (χ3n) is 7.06. The molecule has 0 spiro atoms. The minimum absolute atomic E-state index is 0.0143. The number of hydrogen-bond donors (Lipinski definition) is 3. The van der Waals surface area contributed by atoms with Crippen molar-refractivity contribution in [2.45, 2.75) is 31.0 Å². The Morgan fingerprint density at radius 1 is 0.943 bits per heavy atom. The van der Waals surface area contributed by atoms with Crippen LogP contribution in [0.4, 0.5) is 5.69 Å². The van der Waals surface area contributed by atoms with Crippen molar-refractivity contribution in [2.24, 2.45) is 0 Å². The van der Waals surface area contributed by atoms with Gasteiger partial charge in [0.1, 0.15) is 6.17 Å². The van der Waals surface area contributed by atoms with Gasteiger partial charge < -0.3 is 10.2 Å². The first-order valence-corrected chi connectivity index (χ1v) is 11.2. The fraction of sp³-hybridized carbons (Fsp3) is 0.240. The van der Waals surface area contributed by atoms with E-state index in [9.17, 15) is 29.1 Å². The second-order valence-corrected chi connectivity index (χ2v) is 8.94. The average Bonchev–Trinajstić information content (AvgIpc) is 3.12. The number of nitrogens with zero attached hydrogens (tertiary/aromatic N) is 2. The molecular formula is C25H19N3O7. The molecule has 10 heteroatoms. The Bertz CT molecular complexity index is 1410. The predicted octanol–water partition coefficient (Wildman–Crippen LogP) is 2.19. The number of hydrogen-bond acceptors (Lipinski definition) is 6. The van der Waals surface area contributed by atoms with Gasteiger partial charge in [-0.2, -0.15) is 0 Å². The first kappa shape index (κ1) is 21.2. The molecule has 4 aliphatic rings. The molecule has 0 radical (unpaired) electrons. The SMILES string of the molecule is O=C(O)CCCN1C(=O)c2ccc3c4c2C(C=CC4NC2c4ccc(C(=O)O)cc4C(=O)N32)C1=O. The normalized spacial score (nSPS) is 23.2. The molecular weight excluding hydrogens is 454 g/mol. The average molecular weight is 473 g/mol. The van der Waals surface area contributed by atoms with Gasteiger partial charge in [0, 0.05) is 35.2 Å². The van der Waals surface area contributed by atoms with E-state index in [0.717, 1.165) is 4.90 Å². The Kier molecular flexibility index (Phi) is 4.46. The Morgan fingerprint density at radius 3 is 2.49 bits per heavy atom. The number of nitrogens with one attached hydrogen (secondary N) is 1. The molecule has 3 N–H and O–H groups in total. The van der Waals surface area contributed by atoms with E-state index < -0.39 is 35.8 Å². The van der Waals surface area contributed by atoms with Crippen molar-refractivity contribution in [3.8, 4) is 0 Å².